The van der Waals surface area contributed by atoms with Gasteiger partial charge in [0.05, 0.1) is 18.8 Å². The van der Waals surface area contributed by atoms with Gasteiger partial charge in [-0.05, 0) is 19.3 Å². The van der Waals surface area contributed by atoms with Crippen molar-refractivity contribution in [3.8, 4) is 0 Å². The monoisotopic (exact) mass is 876 g/mol. The van der Waals surface area contributed by atoms with Gasteiger partial charge in [0.15, 0.2) is 0 Å². The molecule has 0 spiro atoms. The zero-order valence-electron chi connectivity index (χ0n) is 42.3. The van der Waals surface area contributed by atoms with Crippen LogP contribution in [-0.4, -0.2) is 46.1 Å². The van der Waals surface area contributed by atoms with Crippen molar-refractivity contribution < 1.29 is 20.1 Å². The molecule has 0 fully saturated rings. The van der Waals surface area contributed by atoms with E-state index in [0.717, 1.165) is 32.1 Å². The predicted molar refractivity (Wildman–Crippen MR) is 273 cm³/mol. The number of rotatable bonds is 53. The summed E-state index contributed by atoms with van der Waals surface area (Å²) < 4.78 is 0. The van der Waals surface area contributed by atoms with Crippen LogP contribution < -0.4 is 5.32 Å². The number of hydrogen-bond donors (Lipinski definition) is 4. The van der Waals surface area contributed by atoms with E-state index in [1.165, 1.54) is 270 Å². The van der Waals surface area contributed by atoms with Crippen molar-refractivity contribution in [1.29, 1.82) is 0 Å². The van der Waals surface area contributed by atoms with Crippen molar-refractivity contribution >= 4 is 5.91 Å². The zero-order chi connectivity index (χ0) is 45.1. The maximum absolute atomic E-state index is 12.5. The molecule has 62 heavy (non-hydrogen) atoms. The van der Waals surface area contributed by atoms with Crippen LogP contribution in [-0.2, 0) is 4.79 Å². The first kappa shape index (κ1) is 61.1. The molecule has 0 aromatic heterocycles. The molecular weight excluding hydrogens is 763 g/mol. The average Bonchev–Trinajstić information content (AvgIpc) is 3.28. The van der Waals surface area contributed by atoms with Gasteiger partial charge in [0, 0.05) is 0 Å². The van der Waals surface area contributed by atoms with Crippen molar-refractivity contribution in [3.05, 3.63) is 12.2 Å². The molecule has 370 valence electrons. The van der Waals surface area contributed by atoms with Gasteiger partial charge in [-0.3, -0.25) is 4.79 Å². The lowest BCUT2D eigenvalue weighted by Crippen LogP contribution is -2.48. The van der Waals surface area contributed by atoms with Crippen molar-refractivity contribution in [3.63, 3.8) is 0 Å². The SMILES string of the molecule is CCCCCCCCCCCCCCCC/C=C/C(O)C(CO)NC(=O)C(O)CCCCCCCCCCCCCCCCCCCCCCCCCCCCCCCCCC. The van der Waals surface area contributed by atoms with Crippen LogP contribution in [0.25, 0.3) is 0 Å². The van der Waals surface area contributed by atoms with Crippen LogP contribution in [0.4, 0.5) is 0 Å². The maximum Gasteiger partial charge on any atom is 0.249 e. The van der Waals surface area contributed by atoms with Gasteiger partial charge < -0.3 is 20.6 Å². The summed E-state index contributed by atoms with van der Waals surface area (Å²) in [4.78, 5) is 12.5. The highest BCUT2D eigenvalue weighted by atomic mass is 16.3. The number of unbranched alkanes of at least 4 members (excludes halogenated alkanes) is 45. The van der Waals surface area contributed by atoms with E-state index in [0.29, 0.717) is 6.42 Å². The topological polar surface area (TPSA) is 89.8 Å². The molecule has 0 saturated carbocycles. The minimum absolute atomic E-state index is 0.359. The number of carbonyl (C=O) groups is 1. The maximum atomic E-state index is 12.5. The third kappa shape index (κ3) is 47.1. The first-order valence-electron chi connectivity index (χ1n) is 28.5. The van der Waals surface area contributed by atoms with Crippen molar-refractivity contribution in [1.82, 2.24) is 5.32 Å². The summed E-state index contributed by atoms with van der Waals surface area (Å²) in [5, 5.41) is 33.3. The molecule has 4 N–H and O–H groups in total. The Labute approximate surface area is 389 Å². The van der Waals surface area contributed by atoms with E-state index in [2.05, 4.69) is 19.2 Å². The summed E-state index contributed by atoms with van der Waals surface area (Å²) in [6.07, 6.45) is 65.9. The molecule has 0 aliphatic rings. The van der Waals surface area contributed by atoms with Gasteiger partial charge in [-0.15, -0.1) is 0 Å². The third-order valence-electron chi connectivity index (χ3n) is 13.6. The van der Waals surface area contributed by atoms with E-state index in [9.17, 15) is 20.1 Å². The van der Waals surface area contributed by atoms with E-state index in [-0.39, 0.29) is 6.61 Å². The van der Waals surface area contributed by atoms with Crippen molar-refractivity contribution in [2.24, 2.45) is 0 Å². The number of aliphatic hydroxyl groups is 3. The molecule has 3 atom stereocenters. The van der Waals surface area contributed by atoms with Gasteiger partial charge in [-0.2, -0.15) is 0 Å². The molecule has 0 radical (unpaired) electrons. The van der Waals surface area contributed by atoms with E-state index in [1.54, 1.807) is 6.08 Å². The summed E-state index contributed by atoms with van der Waals surface area (Å²) in [5.74, 6) is -0.496. The molecule has 5 heteroatoms. The van der Waals surface area contributed by atoms with Crippen LogP contribution in [0.3, 0.4) is 0 Å². The van der Waals surface area contributed by atoms with Crippen LogP contribution in [0, 0.1) is 0 Å². The number of amides is 1. The van der Waals surface area contributed by atoms with Gasteiger partial charge in [-0.1, -0.05) is 315 Å². The summed E-state index contributed by atoms with van der Waals surface area (Å²) >= 11 is 0. The molecule has 0 heterocycles. The molecule has 5 nitrogen and oxygen atoms in total. The molecule has 0 aromatic rings. The second-order valence-corrected chi connectivity index (χ2v) is 19.9. The Bertz CT molecular complexity index is 879. The van der Waals surface area contributed by atoms with Gasteiger partial charge in [0.1, 0.15) is 6.10 Å². The first-order valence-corrected chi connectivity index (χ1v) is 28.5. The van der Waals surface area contributed by atoms with Crippen LogP contribution in [0.1, 0.15) is 322 Å². The molecule has 3 unspecified atom stereocenters. The molecule has 0 aliphatic carbocycles. The number of hydrogen-bond acceptors (Lipinski definition) is 4. The summed E-state index contributed by atoms with van der Waals surface area (Å²) in [7, 11) is 0. The minimum atomic E-state index is -1.09. The molecule has 0 bridgehead atoms. The zero-order valence-corrected chi connectivity index (χ0v) is 42.3. The number of nitrogens with one attached hydrogen (secondary N) is 1. The Hall–Kier alpha value is -0.910. The average molecular weight is 877 g/mol. The van der Waals surface area contributed by atoms with Crippen LogP contribution in [0.2, 0.25) is 0 Å². The van der Waals surface area contributed by atoms with Gasteiger partial charge in [0.25, 0.3) is 0 Å². The fourth-order valence-corrected chi connectivity index (χ4v) is 9.19. The molecule has 0 aromatic carbocycles. The Morgan fingerprint density at radius 2 is 0.629 bits per heavy atom. The molecular formula is C57H113NO4. The quantitative estimate of drug-likeness (QED) is 0.0362. The molecule has 0 rings (SSSR count). The largest absolute Gasteiger partial charge is 0.394 e. The lowest BCUT2D eigenvalue weighted by Gasteiger charge is -2.21. The van der Waals surface area contributed by atoms with E-state index >= 15 is 0 Å². The Balaban J connectivity index is 3.47. The second kappa shape index (κ2) is 52.7. The lowest BCUT2D eigenvalue weighted by atomic mass is 10.0. The highest BCUT2D eigenvalue weighted by molar-refractivity contribution is 5.80. The minimum Gasteiger partial charge on any atom is -0.394 e. The predicted octanol–water partition coefficient (Wildman–Crippen LogP) is 17.5. The normalized spacial score (nSPS) is 13.3. The number of allylic oxidation sites excluding steroid dienone is 1. The van der Waals surface area contributed by atoms with Gasteiger partial charge >= 0.3 is 0 Å². The standard InChI is InChI=1S/C57H113NO4/c1-3-5-7-9-11-13-15-17-19-21-22-23-24-25-26-27-28-29-30-31-32-33-34-35-36-38-40-42-44-46-48-50-52-56(61)57(62)58-54(53-59)55(60)51-49-47-45-43-41-39-37-20-18-16-14-12-10-8-6-4-2/h49,51,54-56,59-61H,3-48,50,52-53H2,1-2H3,(H,58,62)/b51-49+. The van der Waals surface area contributed by atoms with Crippen LogP contribution in [0.5, 0.6) is 0 Å². The fourth-order valence-electron chi connectivity index (χ4n) is 9.19. The van der Waals surface area contributed by atoms with Crippen LogP contribution >= 0.6 is 0 Å². The number of carbonyl (C=O) groups excluding carboxylic acids is 1. The Morgan fingerprint density at radius 3 is 0.887 bits per heavy atom. The second-order valence-electron chi connectivity index (χ2n) is 19.9. The lowest BCUT2D eigenvalue weighted by molar-refractivity contribution is -0.131. The summed E-state index contributed by atoms with van der Waals surface area (Å²) in [6.45, 7) is 4.22. The van der Waals surface area contributed by atoms with E-state index in [1.807, 2.05) is 6.08 Å². The van der Waals surface area contributed by atoms with Gasteiger partial charge in [0.2, 0.25) is 5.91 Å². The van der Waals surface area contributed by atoms with Crippen LogP contribution in [0.15, 0.2) is 12.2 Å². The third-order valence-corrected chi connectivity index (χ3v) is 13.6. The van der Waals surface area contributed by atoms with Gasteiger partial charge in [-0.25, -0.2) is 0 Å². The highest BCUT2D eigenvalue weighted by Gasteiger charge is 2.22. The Kier molecular flexibility index (Phi) is 51.9. The highest BCUT2D eigenvalue weighted by Crippen LogP contribution is 2.18. The van der Waals surface area contributed by atoms with E-state index < -0.39 is 24.2 Å². The summed E-state index contributed by atoms with van der Waals surface area (Å²) in [5.41, 5.74) is 0. The first-order chi connectivity index (χ1) is 30.6. The number of aliphatic hydroxyl groups excluding tert-OH is 3. The smallest absolute Gasteiger partial charge is 0.249 e. The molecule has 0 aliphatic heterocycles. The summed E-state index contributed by atoms with van der Waals surface area (Å²) in [6, 6.07) is -0.794. The van der Waals surface area contributed by atoms with E-state index in [4.69, 9.17) is 0 Å². The molecule has 0 saturated heterocycles. The molecule has 1 amide bonds. The van der Waals surface area contributed by atoms with Crippen molar-refractivity contribution in [2.45, 2.75) is 340 Å². The Morgan fingerprint density at radius 1 is 0.387 bits per heavy atom. The van der Waals surface area contributed by atoms with Crippen molar-refractivity contribution in [2.75, 3.05) is 6.61 Å². The fraction of sp³-hybridized carbons (Fsp3) is 0.947.